The number of hydrogen-bond acceptors (Lipinski definition) is 6. The highest BCUT2D eigenvalue weighted by molar-refractivity contribution is 8.28. The van der Waals surface area contributed by atoms with E-state index in [1.54, 1.807) is 11.4 Å². The Balaban J connectivity index is 3.36. The Morgan fingerprint density at radius 1 is 1.41 bits per heavy atom. The lowest BCUT2D eigenvalue weighted by molar-refractivity contribution is -0.110. The lowest BCUT2D eigenvalue weighted by Crippen LogP contribution is -2.36. The largest absolute Gasteiger partial charge is 0.464 e. The minimum Gasteiger partial charge on any atom is -0.464 e. The second kappa shape index (κ2) is 6.94. The Bertz CT molecular complexity index is 700. The standard InChI is InChI=1S/C13H18N4O4S/c1-17(22(3,4)5)11-7-9(12(19)16-14-8-18)6-10(15-11)13(20)21-2/h6-8H,3-4H2,1-2,5H3,(H,14,18)(H,16,19). The number of methoxy groups -OCH3 is 1. The summed E-state index contributed by atoms with van der Waals surface area (Å²) in [6.07, 6.45) is 2.15. The first kappa shape index (κ1) is 17.5. The summed E-state index contributed by atoms with van der Waals surface area (Å²) >= 11 is 0. The number of nitrogens with zero attached hydrogens (tertiary/aromatic N) is 2. The van der Waals surface area contributed by atoms with Gasteiger partial charge < -0.3 is 9.04 Å². The van der Waals surface area contributed by atoms with Gasteiger partial charge in [-0.3, -0.25) is 20.4 Å². The van der Waals surface area contributed by atoms with Crippen molar-refractivity contribution in [1.29, 1.82) is 0 Å². The van der Waals surface area contributed by atoms with E-state index in [-0.39, 0.29) is 11.3 Å². The fourth-order valence-corrected chi connectivity index (χ4v) is 1.96. The van der Waals surface area contributed by atoms with Gasteiger partial charge in [-0.25, -0.2) is 9.78 Å². The van der Waals surface area contributed by atoms with Gasteiger partial charge >= 0.3 is 5.97 Å². The van der Waals surface area contributed by atoms with Crippen LogP contribution < -0.4 is 15.2 Å². The van der Waals surface area contributed by atoms with Crippen molar-refractivity contribution in [3.05, 3.63) is 23.4 Å². The monoisotopic (exact) mass is 326 g/mol. The first-order valence-corrected chi connectivity index (χ1v) is 8.32. The molecule has 0 aliphatic rings. The molecule has 1 aromatic rings. The molecule has 0 atom stereocenters. The summed E-state index contributed by atoms with van der Waals surface area (Å²) in [6, 6.07) is 2.74. The summed E-state index contributed by atoms with van der Waals surface area (Å²) in [5.41, 5.74) is 4.30. The van der Waals surface area contributed by atoms with Gasteiger partial charge in [0, 0.05) is 12.6 Å². The molecule has 0 fully saturated rings. The SMILES string of the molecule is C=S(=C)(C)N(C)c1cc(C(=O)NNC=O)cc(C(=O)OC)n1. The molecule has 0 aromatic carbocycles. The summed E-state index contributed by atoms with van der Waals surface area (Å²) in [5.74, 6) is 6.96. The Hall–Kier alpha value is -2.55. The minimum atomic E-state index is -1.65. The molecule has 0 unspecified atom stereocenters. The quantitative estimate of drug-likeness (QED) is 0.328. The van der Waals surface area contributed by atoms with Crippen LogP contribution in [0.25, 0.3) is 0 Å². The molecule has 0 saturated carbocycles. The Labute approximate surface area is 129 Å². The molecule has 0 spiro atoms. The summed E-state index contributed by atoms with van der Waals surface area (Å²) in [5, 5.41) is 0. The molecule has 1 rings (SSSR count). The molecule has 9 heteroatoms. The van der Waals surface area contributed by atoms with E-state index < -0.39 is 21.3 Å². The number of hydrazine groups is 1. The first-order chi connectivity index (χ1) is 10.2. The van der Waals surface area contributed by atoms with Gasteiger partial charge in [-0.05, 0) is 18.4 Å². The van der Waals surface area contributed by atoms with Crippen molar-refractivity contribution in [2.24, 2.45) is 0 Å². The molecule has 2 amide bonds. The van der Waals surface area contributed by atoms with Gasteiger partial charge in [-0.1, -0.05) is 11.7 Å². The average Bonchev–Trinajstić information content (AvgIpc) is 2.49. The number of nitrogens with one attached hydrogen (secondary N) is 2. The number of aromatic nitrogens is 1. The summed E-state index contributed by atoms with van der Waals surface area (Å²) in [4.78, 5) is 38.0. The third kappa shape index (κ3) is 4.22. The molecule has 8 nitrogen and oxygen atoms in total. The van der Waals surface area contributed by atoms with Gasteiger partial charge in [0.15, 0.2) is 5.69 Å². The molecule has 0 saturated heterocycles. The highest BCUT2D eigenvalue weighted by Crippen LogP contribution is 2.26. The zero-order valence-electron chi connectivity index (χ0n) is 12.6. The van der Waals surface area contributed by atoms with Crippen LogP contribution in [-0.4, -0.2) is 55.4 Å². The molecular weight excluding hydrogens is 308 g/mol. The van der Waals surface area contributed by atoms with Crippen molar-refractivity contribution in [2.45, 2.75) is 0 Å². The van der Waals surface area contributed by atoms with Gasteiger partial charge in [0.25, 0.3) is 5.91 Å². The molecule has 120 valence electrons. The highest BCUT2D eigenvalue weighted by atomic mass is 32.2. The zero-order valence-corrected chi connectivity index (χ0v) is 13.4. The van der Waals surface area contributed by atoms with Crippen molar-refractivity contribution in [3.8, 4) is 0 Å². The van der Waals surface area contributed by atoms with E-state index in [1.165, 1.54) is 19.2 Å². The molecule has 1 aromatic heterocycles. The number of carbonyl (C=O) groups is 3. The number of hydrogen-bond donors (Lipinski definition) is 2. The Morgan fingerprint density at radius 2 is 2.05 bits per heavy atom. The van der Waals surface area contributed by atoms with E-state index in [0.29, 0.717) is 12.2 Å². The van der Waals surface area contributed by atoms with Crippen molar-refractivity contribution in [1.82, 2.24) is 15.8 Å². The van der Waals surface area contributed by atoms with E-state index >= 15 is 0 Å². The maximum atomic E-state index is 11.9. The van der Waals surface area contributed by atoms with Crippen molar-refractivity contribution in [2.75, 3.05) is 24.7 Å². The third-order valence-electron chi connectivity index (χ3n) is 2.70. The predicted octanol–water partition coefficient (Wildman–Crippen LogP) is -0.0914. The smallest absolute Gasteiger partial charge is 0.356 e. The van der Waals surface area contributed by atoms with E-state index in [4.69, 9.17) is 0 Å². The van der Waals surface area contributed by atoms with Crippen LogP contribution in [0, 0.1) is 0 Å². The van der Waals surface area contributed by atoms with Crippen LogP contribution in [0.5, 0.6) is 0 Å². The normalized spacial score (nSPS) is 10.5. The summed E-state index contributed by atoms with van der Waals surface area (Å²) < 4.78 is 6.31. The highest BCUT2D eigenvalue weighted by Gasteiger charge is 2.17. The van der Waals surface area contributed by atoms with Crippen LogP contribution in [0.4, 0.5) is 5.82 Å². The number of pyridine rings is 1. The average molecular weight is 326 g/mol. The number of rotatable bonds is 6. The second-order valence-corrected chi connectivity index (χ2v) is 7.52. The number of anilines is 1. The fourth-order valence-electron chi connectivity index (χ4n) is 1.41. The van der Waals surface area contributed by atoms with Crippen LogP contribution in [0.1, 0.15) is 20.8 Å². The topological polar surface area (TPSA) is 101 Å². The second-order valence-electron chi connectivity index (χ2n) is 4.53. The molecule has 0 bridgehead atoms. The van der Waals surface area contributed by atoms with Crippen LogP contribution in [0.2, 0.25) is 0 Å². The first-order valence-electron chi connectivity index (χ1n) is 5.99. The lowest BCUT2D eigenvalue weighted by atomic mass is 10.2. The summed E-state index contributed by atoms with van der Waals surface area (Å²) in [7, 11) is 1.28. The van der Waals surface area contributed by atoms with Crippen molar-refractivity contribution < 1.29 is 19.1 Å². The number of ether oxygens (including phenoxy) is 1. The van der Waals surface area contributed by atoms with Crippen molar-refractivity contribution >= 4 is 45.2 Å². The zero-order chi connectivity index (χ0) is 16.9. The molecule has 0 aliphatic heterocycles. The van der Waals surface area contributed by atoms with Crippen LogP contribution in [0.3, 0.4) is 0 Å². The van der Waals surface area contributed by atoms with Gasteiger partial charge in [0.05, 0.1) is 7.11 Å². The summed E-state index contributed by atoms with van der Waals surface area (Å²) in [6.45, 7) is 0. The van der Waals surface area contributed by atoms with Crippen LogP contribution in [0.15, 0.2) is 12.1 Å². The predicted molar refractivity (Wildman–Crippen MR) is 88.4 cm³/mol. The number of amides is 2. The molecular formula is C13H18N4O4S. The van der Waals surface area contributed by atoms with Gasteiger partial charge in [0.2, 0.25) is 6.41 Å². The fraction of sp³-hybridized carbons (Fsp3) is 0.231. The molecule has 0 radical (unpaired) electrons. The lowest BCUT2D eigenvalue weighted by Gasteiger charge is -2.25. The number of esters is 1. The molecule has 0 aliphatic carbocycles. The Kier molecular flexibility index (Phi) is 5.52. The maximum absolute atomic E-state index is 11.9. The van der Waals surface area contributed by atoms with Crippen LogP contribution >= 0.6 is 9.39 Å². The molecule has 1 heterocycles. The Morgan fingerprint density at radius 3 is 2.55 bits per heavy atom. The van der Waals surface area contributed by atoms with Gasteiger partial charge in [-0.15, -0.1) is 9.39 Å². The third-order valence-corrected chi connectivity index (χ3v) is 4.21. The van der Waals surface area contributed by atoms with Crippen molar-refractivity contribution in [3.63, 3.8) is 0 Å². The van der Waals surface area contributed by atoms with E-state index in [1.807, 2.05) is 11.7 Å². The van der Waals surface area contributed by atoms with Crippen LogP contribution in [-0.2, 0) is 9.53 Å². The number of carbonyl (C=O) groups excluding carboxylic acids is 3. The van der Waals surface area contributed by atoms with Gasteiger partial charge in [-0.2, -0.15) is 0 Å². The minimum absolute atomic E-state index is 0.0354. The van der Waals surface area contributed by atoms with E-state index in [0.717, 1.165) is 0 Å². The van der Waals surface area contributed by atoms with Gasteiger partial charge in [0.1, 0.15) is 5.82 Å². The molecule has 22 heavy (non-hydrogen) atoms. The molecule has 2 N–H and O–H groups in total. The van der Waals surface area contributed by atoms with E-state index in [9.17, 15) is 14.4 Å². The van der Waals surface area contributed by atoms with E-state index in [2.05, 4.69) is 26.9 Å². The maximum Gasteiger partial charge on any atom is 0.356 e.